The lowest BCUT2D eigenvalue weighted by molar-refractivity contribution is -0.134. The predicted molar refractivity (Wildman–Crippen MR) is 42.8 cm³/mol. The number of nitrogens with one attached hydrogen (secondary N) is 1. The first kappa shape index (κ1) is 12.7. The summed E-state index contributed by atoms with van der Waals surface area (Å²) in [6, 6.07) is 0. The smallest absolute Gasteiger partial charge is 0.216 e. The van der Waals surface area contributed by atoms with Gasteiger partial charge < -0.3 is 0 Å². The highest BCUT2D eigenvalue weighted by atomic mass is 32.2. The maximum atomic E-state index is 11.6. The molecule has 0 fully saturated rings. The summed E-state index contributed by atoms with van der Waals surface area (Å²) < 4.78 is 58.6. The third kappa shape index (κ3) is 8.04. The van der Waals surface area contributed by atoms with Gasteiger partial charge in [0.15, 0.2) is 0 Å². The SMILES string of the molecule is CCNS(=O)(=O)CCCC(F)(F)F. The van der Waals surface area contributed by atoms with Gasteiger partial charge in [0.2, 0.25) is 10.0 Å². The molecular formula is C6H12F3NO2S. The summed E-state index contributed by atoms with van der Waals surface area (Å²) >= 11 is 0. The molecule has 0 bridgehead atoms. The molecule has 7 heteroatoms. The number of hydrogen-bond acceptors (Lipinski definition) is 2. The van der Waals surface area contributed by atoms with Crippen molar-refractivity contribution < 1.29 is 21.6 Å². The maximum Gasteiger partial charge on any atom is 0.389 e. The molecule has 0 rings (SSSR count). The first-order valence-electron chi connectivity index (χ1n) is 3.81. The zero-order chi connectivity index (χ0) is 10.5. The van der Waals surface area contributed by atoms with Crippen molar-refractivity contribution in [2.45, 2.75) is 25.9 Å². The van der Waals surface area contributed by atoms with Crippen LogP contribution in [0.4, 0.5) is 13.2 Å². The van der Waals surface area contributed by atoms with Crippen molar-refractivity contribution in [1.29, 1.82) is 0 Å². The Balaban J connectivity index is 3.77. The second-order valence-electron chi connectivity index (χ2n) is 2.54. The van der Waals surface area contributed by atoms with E-state index in [1.165, 1.54) is 0 Å². The van der Waals surface area contributed by atoms with Gasteiger partial charge in [-0.15, -0.1) is 0 Å². The van der Waals surface area contributed by atoms with Gasteiger partial charge >= 0.3 is 6.18 Å². The van der Waals surface area contributed by atoms with E-state index < -0.39 is 34.8 Å². The summed E-state index contributed by atoms with van der Waals surface area (Å²) in [7, 11) is -3.50. The molecule has 13 heavy (non-hydrogen) atoms. The third-order valence-corrected chi connectivity index (χ3v) is 2.79. The van der Waals surface area contributed by atoms with Gasteiger partial charge in [-0.1, -0.05) is 6.92 Å². The highest BCUT2D eigenvalue weighted by Gasteiger charge is 2.27. The second kappa shape index (κ2) is 4.80. The van der Waals surface area contributed by atoms with E-state index >= 15 is 0 Å². The molecule has 80 valence electrons. The first-order valence-corrected chi connectivity index (χ1v) is 5.46. The van der Waals surface area contributed by atoms with E-state index in [1.54, 1.807) is 6.92 Å². The molecule has 0 saturated carbocycles. The molecule has 0 atom stereocenters. The molecule has 0 aromatic carbocycles. The van der Waals surface area contributed by atoms with Crippen LogP contribution in [0.1, 0.15) is 19.8 Å². The summed E-state index contributed by atoms with van der Waals surface area (Å²) in [5.41, 5.74) is 0. The van der Waals surface area contributed by atoms with Gasteiger partial charge in [0.25, 0.3) is 0 Å². The monoisotopic (exact) mass is 219 g/mol. The summed E-state index contributed by atoms with van der Waals surface area (Å²) in [5.74, 6) is -0.472. The second-order valence-corrected chi connectivity index (χ2v) is 4.46. The fraction of sp³-hybridized carbons (Fsp3) is 1.00. The number of sulfonamides is 1. The molecule has 0 radical (unpaired) electrons. The molecule has 0 saturated heterocycles. The zero-order valence-corrected chi connectivity index (χ0v) is 8.00. The normalized spacial score (nSPS) is 13.2. The van der Waals surface area contributed by atoms with Crippen molar-refractivity contribution in [2.75, 3.05) is 12.3 Å². The Kier molecular flexibility index (Phi) is 4.69. The fourth-order valence-corrected chi connectivity index (χ4v) is 1.86. The Morgan fingerprint density at radius 1 is 1.31 bits per heavy atom. The van der Waals surface area contributed by atoms with Crippen molar-refractivity contribution in [2.24, 2.45) is 0 Å². The molecule has 0 aliphatic carbocycles. The lowest BCUT2D eigenvalue weighted by atomic mass is 10.3. The predicted octanol–water partition coefficient (Wildman–Crippen LogP) is 1.27. The molecular weight excluding hydrogens is 207 g/mol. The number of rotatable bonds is 5. The standard InChI is InChI=1S/C6H12F3NO2S/c1-2-10-13(11,12)5-3-4-6(7,8)9/h10H,2-5H2,1H3. The van der Waals surface area contributed by atoms with Crippen molar-refractivity contribution in [3.05, 3.63) is 0 Å². The van der Waals surface area contributed by atoms with Gasteiger partial charge in [0.1, 0.15) is 0 Å². The molecule has 0 spiro atoms. The van der Waals surface area contributed by atoms with Crippen LogP contribution < -0.4 is 4.72 Å². The Hall–Kier alpha value is -0.300. The van der Waals surface area contributed by atoms with Crippen LogP contribution in [0.2, 0.25) is 0 Å². The van der Waals surface area contributed by atoms with Crippen molar-refractivity contribution in [1.82, 2.24) is 4.72 Å². The molecule has 3 nitrogen and oxygen atoms in total. The Labute approximate surface area is 75.4 Å². The highest BCUT2D eigenvalue weighted by molar-refractivity contribution is 7.89. The van der Waals surface area contributed by atoms with E-state index in [1.807, 2.05) is 0 Å². The van der Waals surface area contributed by atoms with Crippen molar-refractivity contribution in [3.63, 3.8) is 0 Å². The number of alkyl halides is 3. The molecule has 0 aliphatic heterocycles. The Bertz CT molecular complexity index is 235. The van der Waals surface area contributed by atoms with Gasteiger partial charge in [-0.25, -0.2) is 13.1 Å². The molecule has 0 aromatic heterocycles. The number of halogens is 3. The van der Waals surface area contributed by atoms with Crippen LogP contribution in [-0.4, -0.2) is 26.9 Å². The van der Waals surface area contributed by atoms with E-state index in [9.17, 15) is 21.6 Å². The molecule has 0 aliphatic rings. The molecule has 0 heterocycles. The lowest BCUT2D eigenvalue weighted by Gasteiger charge is -2.06. The van der Waals surface area contributed by atoms with Crippen LogP contribution in [-0.2, 0) is 10.0 Å². The first-order chi connectivity index (χ1) is 5.77. The van der Waals surface area contributed by atoms with E-state index in [4.69, 9.17) is 0 Å². The lowest BCUT2D eigenvalue weighted by Crippen LogP contribution is -2.26. The maximum absolute atomic E-state index is 11.6. The topological polar surface area (TPSA) is 46.2 Å². The van der Waals surface area contributed by atoms with Crippen LogP contribution >= 0.6 is 0 Å². The minimum atomic E-state index is -4.28. The van der Waals surface area contributed by atoms with E-state index in [-0.39, 0.29) is 6.54 Å². The van der Waals surface area contributed by atoms with Gasteiger partial charge in [0, 0.05) is 13.0 Å². The largest absolute Gasteiger partial charge is 0.389 e. The molecule has 0 amide bonds. The van der Waals surface area contributed by atoms with Crippen LogP contribution in [0.15, 0.2) is 0 Å². The Morgan fingerprint density at radius 3 is 2.23 bits per heavy atom. The molecule has 0 aromatic rings. The van der Waals surface area contributed by atoms with Gasteiger partial charge in [0.05, 0.1) is 5.75 Å². The van der Waals surface area contributed by atoms with Crippen LogP contribution in [0.5, 0.6) is 0 Å². The summed E-state index contributed by atoms with van der Waals surface area (Å²) in [6.45, 7) is 1.77. The summed E-state index contributed by atoms with van der Waals surface area (Å²) in [4.78, 5) is 0. The Morgan fingerprint density at radius 2 is 1.85 bits per heavy atom. The molecule has 1 N–H and O–H groups in total. The summed E-state index contributed by atoms with van der Waals surface area (Å²) in [5, 5.41) is 0. The van der Waals surface area contributed by atoms with E-state index in [2.05, 4.69) is 4.72 Å². The number of hydrogen-bond donors (Lipinski definition) is 1. The van der Waals surface area contributed by atoms with E-state index in [0.29, 0.717) is 0 Å². The average Bonchev–Trinajstić information content (AvgIpc) is 1.82. The van der Waals surface area contributed by atoms with Gasteiger partial charge in [-0.2, -0.15) is 13.2 Å². The van der Waals surface area contributed by atoms with Crippen molar-refractivity contribution >= 4 is 10.0 Å². The van der Waals surface area contributed by atoms with Crippen LogP contribution in [0.25, 0.3) is 0 Å². The zero-order valence-electron chi connectivity index (χ0n) is 7.19. The van der Waals surface area contributed by atoms with E-state index in [0.717, 1.165) is 0 Å². The van der Waals surface area contributed by atoms with Crippen molar-refractivity contribution in [3.8, 4) is 0 Å². The summed E-state index contributed by atoms with van der Waals surface area (Å²) in [6.07, 6.45) is -5.72. The quantitative estimate of drug-likeness (QED) is 0.756. The van der Waals surface area contributed by atoms with Crippen LogP contribution in [0.3, 0.4) is 0 Å². The minimum absolute atomic E-state index is 0.203. The highest BCUT2D eigenvalue weighted by Crippen LogP contribution is 2.21. The minimum Gasteiger partial charge on any atom is -0.216 e. The fourth-order valence-electron chi connectivity index (χ4n) is 0.755. The molecule has 0 unspecified atom stereocenters. The van der Waals surface area contributed by atoms with Gasteiger partial charge in [-0.05, 0) is 6.42 Å². The van der Waals surface area contributed by atoms with Crippen LogP contribution in [0, 0.1) is 0 Å². The average molecular weight is 219 g/mol. The van der Waals surface area contributed by atoms with Gasteiger partial charge in [-0.3, -0.25) is 0 Å². The third-order valence-electron chi connectivity index (χ3n) is 1.24.